The van der Waals surface area contributed by atoms with E-state index in [1.807, 2.05) is 0 Å². The van der Waals surface area contributed by atoms with Crippen LogP contribution in [0.25, 0.3) is 0 Å². The highest BCUT2D eigenvalue weighted by Crippen LogP contribution is 2.18. The van der Waals surface area contributed by atoms with Crippen molar-refractivity contribution in [3.63, 3.8) is 0 Å². The SMILES string of the molecule is CCCCC/C=C\C/C=C\CCCCCCCCCC(=O)OCCCCCCCCCCCCCC/C=C\CCCCCCCCCCCCCCCC(=O)NC(CO)C(O)CCCCCCCCCCCC. The molecule has 0 aliphatic heterocycles. The van der Waals surface area contributed by atoms with Crippen molar-refractivity contribution in [1.82, 2.24) is 5.32 Å². The molecule has 0 heterocycles. The second kappa shape index (κ2) is 62.6. The Morgan fingerprint density at radius 1 is 0.384 bits per heavy atom. The van der Waals surface area contributed by atoms with Crippen molar-refractivity contribution >= 4 is 11.9 Å². The summed E-state index contributed by atoms with van der Waals surface area (Å²) in [5, 5.41) is 23.2. The minimum absolute atomic E-state index is 0.00876. The van der Waals surface area contributed by atoms with Crippen molar-refractivity contribution in [3.05, 3.63) is 36.5 Å². The maximum atomic E-state index is 12.4. The molecule has 6 heteroatoms. The van der Waals surface area contributed by atoms with Crippen LogP contribution in [0.1, 0.15) is 354 Å². The first kappa shape index (κ1) is 71.1. The fourth-order valence-electron chi connectivity index (χ4n) is 10.1. The van der Waals surface area contributed by atoms with Crippen LogP contribution in [-0.4, -0.2) is 47.4 Å². The highest BCUT2D eigenvalue weighted by Gasteiger charge is 2.20. The Labute approximate surface area is 455 Å². The third-order valence-electron chi connectivity index (χ3n) is 15.2. The number of unbranched alkanes of at least 4 members (excludes halogenated alkanes) is 44. The van der Waals surface area contributed by atoms with Crippen molar-refractivity contribution < 1.29 is 24.5 Å². The molecule has 2 atom stereocenters. The summed E-state index contributed by atoms with van der Waals surface area (Å²) in [6.07, 6.45) is 79.0. The van der Waals surface area contributed by atoms with Crippen LogP contribution in [0.15, 0.2) is 36.5 Å². The van der Waals surface area contributed by atoms with Crippen LogP contribution in [0, 0.1) is 0 Å². The molecule has 73 heavy (non-hydrogen) atoms. The number of hydrogen-bond donors (Lipinski definition) is 3. The monoisotopic (exact) mass is 1030 g/mol. The minimum atomic E-state index is -0.662. The molecule has 0 aromatic heterocycles. The van der Waals surface area contributed by atoms with Gasteiger partial charge < -0.3 is 20.3 Å². The first-order chi connectivity index (χ1) is 36.0. The number of aliphatic hydroxyl groups excluding tert-OH is 2. The van der Waals surface area contributed by atoms with E-state index in [1.165, 1.54) is 270 Å². The van der Waals surface area contributed by atoms with Gasteiger partial charge in [0.05, 0.1) is 25.4 Å². The lowest BCUT2D eigenvalue weighted by Gasteiger charge is -2.22. The summed E-state index contributed by atoms with van der Waals surface area (Å²) in [5.41, 5.74) is 0. The average Bonchev–Trinajstić information content (AvgIpc) is 3.39. The summed E-state index contributed by atoms with van der Waals surface area (Å²) >= 11 is 0. The Hall–Kier alpha value is -1.92. The van der Waals surface area contributed by atoms with Crippen LogP contribution in [0.5, 0.6) is 0 Å². The molecule has 0 aliphatic carbocycles. The molecule has 0 fully saturated rings. The zero-order valence-corrected chi connectivity index (χ0v) is 49.1. The Balaban J connectivity index is 3.34. The number of esters is 1. The predicted octanol–water partition coefficient (Wildman–Crippen LogP) is 20.8. The van der Waals surface area contributed by atoms with E-state index in [9.17, 15) is 19.8 Å². The molecule has 430 valence electrons. The summed E-state index contributed by atoms with van der Waals surface area (Å²) in [4.78, 5) is 24.5. The molecule has 0 bridgehead atoms. The second-order valence-electron chi connectivity index (χ2n) is 22.4. The molecule has 1 amide bonds. The molecule has 2 unspecified atom stereocenters. The lowest BCUT2D eigenvalue weighted by molar-refractivity contribution is -0.143. The van der Waals surface area contributed by atoms with Crippen molar-refractivity contribution in [3.8, 4) is 0 Å². The van der Waals surface area contributed by atoms with Gasteiger partial charge in [0.2, 0.25) is 5.91 Å². The normalized spacial score (nSPS) is 12.8. The number of carbonyl (C=O) groups is 2. The van der Waals surface area contributed by atoms with Crippen molar-refractivity contribution in [2.75, 3.05) is 13.2 Å². The molecule has 6 nitrogen and oxygen atoms in total. The molecular weight excluding hydrogens is 899 g/mol. The zero-order chi connectivity index (χ0) is 52.9. The number of amides is 1. The summed E-state index contributed by atoms with van der Waals surface area (Å²) in [5.74, 6) is -0.0261. The largest absolute Gasteiger partial charge is 0.466 e. The van der Waals surface area contributed by atoms with Gasteiger partial charge in [0, 0.05) is 12.8 Å². The topological polar surface area (TPSA) is 95.9 Å². The van der Waals surface area contributed by atoms with E-state index < -0.39 is 12.1 Å². The zero-order valence-electron chi connectivity index (χ0n) is 49.1. The van der Waals surface area contributed by atoms with Gasteiger partial charge in [-0.05, 0) is 83.5 Å². The van der Waals surface area contributed by atoms with Gasteiger partial charge in [-0.15, -0.1) is 0 Å². The van der Waals surface area contributed by atoms with Gasteiger partial charge in [0.25, 0.3) is 0 Å². The highest BCUT2D eigenvalue weighted by molar-refractivity contribution is 5.76. The molecule has 0 saturated carbocycles. The number of ether oxygens (including phenoxy) is 1. The van der Waals surface area contributed by atoms with Gasteiger partial charge in [-0.25, -0.2) is 0 Å². The van der Waals surface area contributed by atoms with Crippen LogP contribution in [0.3, 0.4) is 0 Å². The van der Waals surface area contributed by atoms with Gasteiger partial charge >= 0.3 is 5.97 Å². The molecule has 0 aromatic rings. The first-order valence-corrected chi connectivity index (χ1v) is 32.7. The molecular formula is C67H127NO5. The standard InChI is InChI=1S/C67H127NO5/c1-3-5-7-9-11-13-15-16-17-31-35-38-41-45-49-53-57-61-67(72)73-62-58-54-50-46-42-39-36-33-30-28-26-24-22-20-18-19-21-23-25-27-29-32-34-37-40-44-48-52-56-60-66(71)68-64(63-69)65(70)59-55-51-47-43-14-12-10-8-6-4-2/h11,13,16-18,20,64-65,69-70H,3-10,12,14-15,19,21-63H2,1-2H3,(H,68,71)/b13-11-,17-16-,20-18-. The Bertz CT molecular complexity index is 1180. The lowest BCUT2D eigenvalue weighted by atomic mass is 10.0. The van der Waals surface area contributed by atoms with E-state index in [0.717, 1.165) is 51.4 Å². The Morgan fingerprint density at radius 3 is 1.08 bits per heavy atom. The van der Waals surface area contributed by atoms with Crippen LogP contribution in [-0.2, 0) is 14.3 Å². The molecule has 0 radical (unpaired) electrons. The fraction of sp³-hybridized carbons (Fsp3) is 0.881. The second-order valence-corrected chi connectivity index (χ2v) is 22.4. The van der Waals surface area contributed by atoms with Crippen molar-refractivity contribution in [1.29, 1.82) is 0 Å². The third-order valence-corrected chi connectivity index (χ3v) is 15.2. The molecule has 0 rings (SSSR count). The van der Waals surface area contributed by atoms with Gasteiger partial charge in [-0.1, -0.05) is 294 Å². The summed E-state index contributed by atoms with van der Waals surface area (Å²) in [7, 11) is 0. The smallest absolute Gasteiger partial charge is 0.305 e. The maximum Gasteiger partial charge on any atom is 0.305 e. The van der Waals surface area contributed by atoms with Crippen LogP contribution < -0.4 is 5.32 Å². The average molecular weight is 1030 g/mol. The van der Waals surface area contributed by atoms with E-state index in [1.54, 1.807) is 0 Å². The number of allylic oxidation sites excluding steroid dienone is 6. The number of hydrogen-bond acceptors (Lipinski definition) is 5. The van der Waals surface area contributed by atoms with Gasteiger partial charge in [0.15, 0.2) is 0 Å². The van der Waals surface area contributed by atoms with E-state index >= 15 is 0 Å². The predicted molar refractivity (Wildman–Crippen MR) is 319 cm³/mol. The molecule has 0 aromatic carbocycles. The Morgan fingerprint density at radius 2 is 0.685 bits per heavy atom. The number of aliphatic hydroxyl groups is 2. The van der Waals surface area contributed by atoms with E-state index in [2.05, 4.69) is 55.6 Å². The van der Waals surface area contributed by atoms with Crippen LogP contribution >= 0.6 is 0 Å². The van der Waals surface area contributed by atoms with Gasteiger partial charge in [-0.2, -0.15) is 0 Å². The van der Waals surface area contributed by atoms with Crippen LogP contribution in [0.4, 0.5) is 0 Å². The maximum absolute atomic E-state index is 12.4. The van der Waals surface area contributed by atoms with E-state index in [-0.39, 0.29) is 18.5 Å². The number of nitrogens with one attached hydrogen (secondary N) is 1. The van der Waals surface area contributed by atoms with Gasteiger partial charge in [0.1, 0.15) is 0 Å². The molecule has 3 N–H and O–H groups in total. The molecule has 0 saturated heterocycles. The summed E-state index contributed by atoms with van der Waals surface area (Å²) < 4.78 is 5.49. The highest BCUT2D eigenvalue weighted by atomic mass is 16.5. The van der Waals surface area contributed by atoms with Crippen LogP contribution in [0.2, 0.25) is 0 Å². The van der Waals surface area contributed by atoms with E-state index in [4.69, 9.17) is 4.74 Å². The molecule has 0 spiro atoms. The van der Waals surface area contributed by atoms with Gasteiger partial charge in [-0.3, -0.25) is 9.59 Å². The molecule has 0 aliphatic rings. The van der Waals surface area contributed by atoms with Crippen molar-refractivity contribution in [2.24, 2.45) is 0 Å². The number of rotatable bonds is 61. The Kier molecular flexibility index (Phi) is 61.0. The summed E-state index contributed by atoms with van der Waals surface area (Å²) in [6, 6.07) is -0.539. The number of carbonyl (C=O) groups excluding carboxylic acids is 2. The third kappa shape index (κ3) is 59.2. The fourth-order valence-corrected chi connectivity index (χ4v) is 10.1. The van der Waals surface area contributed by atoms with Crippen molar-refractivity contribution in [2.45, 2.75) is 366 Å². The quantitative estimate of drug-likeness (QED) is 0.0320. The first-order valence-electron chi connectivity index (χ1n) is 32.7. The summed E-state index contributed by atoms with van der Waals surface area (Å²) in [6.45, 7) is 4.93. The van der Waals surface area contributed by atoms with E-state index in [0.29, 0.717) is 25.9 Å². The lowest BCUT2D eigenvalue weighted by Crippen LogP contribution is -2.45. The minimum Gasteiger partial charge on any atom is -0.466 e.